The Kier molecular flexibility index (Phi) is 3.95. The molecule has 1 fully saturated rings. The SMILES string of the molecule is Cn1c(=O)c(CN2CCC[C@@H]2c2ccccc2)cc2ccccc21. The van der Waals surface area contributed by atoms with Gasteiger partial charge in [-0.1, -0.05) is 48.5 Å². The number of benzene rings is 2. The van der Waals surface area contributed by atoms with Gasteiger partial charge in [-0.15, -0.1) is 0 Å². The van der Waals surface area contributed by atoms with Crippen LogP contribution in [0.4, 0.5) is 0 Å². The number of aromatic nitrogens is 1. The van der Waals surface area contributed by atoms with Crippen molar-refractivity contribution in [1.82, 2.24) is 9.47 Å². The first-order valence-electron chi connectivity index (χ1n) is 8.61. The van der Waals surface area contributed by atoms with Crippen molar-refractivity contribution >= 4 is 10.9 Å². The third-order valence-electron chi connectivity index (χ3n) is 5.13. The highest BCUT2D eigenvalue weighted by Crippen LogP contribution is 2.32. The zero-order valence-electron chi connectivity index (χ0n) is 14.0. The summed E-state index contributed by atoms with van der Waals surface area (Å²) in [5.74, 6) is 0. The minimum absolute atomic E-state index is 0.118. The molecule has 1 saturated heterocycles. The Balaban J connectivity index is 1.69. The van der Waals surface area contributed by atoms with Gasteiger partial charge in [-0.05, 0) is 42.5 Å². The predicted molar refractivity (Wildman–Crippen MR) is 98.0 cm³/mol. The van der Waals surface area contributed by atoms with Crippen molar-refractivity contribution in [3.8, 4) is 0 Å². The molecule has 0 bridgehead atoms. The standard InChI is InChI=1S/C21H22N2O/c1-22-19-11-6-5-10-17(19)14-18(21(22)24)15-23-13-7-12-20(23)16-8-3-2-4-9-16/h2-6,8-11,14,20H,7,12-13,15H2,1H3/t20-/m1/s1. The average molecular weight is 318 g/mol. The van der Waals surface area contributed by atoms with E-state index in [0.29, 0.717) is 6.04 Å². The Morgan fingerprint density at radius 3 is 2.62 bits per heavy atom. The van der Waals surface area contributed by atoms with Gasteiger partial charge in [-0.3, -0.25) is 9.69 Å². The van der Waals surface area contributed by atoms with E-state index >= 15 is 0 Å². The number of aryl methyl sites for hydroxylation is 1. The van der Waals surface area contributed by atoms with Gasteiger partial charge >= 0.3 is 0 Å². The van der Waals surface area contributed by atoms with Crippen LogP contribution in [-0.4, -0.2) is 16.0 Å². The van der Waals surface area contributed by atoms with Gasteiger partial charge in [0.2, 0.25) is 0 Å². The summed E-state index contributed by atoms with van der Waals surface area (Å²) in [7, 11) is 1.87. The van der Waals surface area contributed by atoms with Crippen molar-refractivity contribution in [3.05, 3.63) is 82.1 Å². The second-order valence-electron chi connectivity index (χ2n) is 6.63. The molecule has 0 N–H and O–H groups in total. The van der Waals surface area contributed by atoms with Crippen LogP contribution in [0, 0.1) is 0 Å². The molecule has 3 nitrogen and oxygen atoms in total. The summed E-state index contributed by atoms with van der Waals surface area (Å²) in [6.45, 7) is 1.77. The lowest BCUT2D eigenvalue weighted by molar-refractivity contribution is 0.247. The Morgan fingerprint density at radius 2 is 1.79 bits per heavy atom. The molecule has 122 valence electrons. The number of hydrogen-bond donors (Lipinski definition) is 0. The largest absolute Gasteiger partial charge is 0.311 e. The van der Waals surface area contributed by atoms with Crippen molar-refractivity contribution in [3.63, 3.8) is 0 Å². The maximum absolute atomic E-state index is 12.7. The molecule has 2 aromatic carbocycles. The van der Waals surface area contributed by atoms with Gasteiger partial charge in [0.15, 0.2) is 0 Å². The molecule has 24 heavy (non-hydrogen) atoms. The minimum Gasteiger partial charge on any atom is -0.311 e. The molecular formula is C21H22N2O. The van der Waals surface area contributed by atoms with E-state index in [4.69, 9.17) is 0 Å². The number of rotatable bonds is 3. The summed E-state index contributed by atoms with van der Waals surface area (Å²) < 4.78 is 1.78. The van der Waals surface area contributed by atoms with Gasteiger partial charge < -0.3 is 4.57 Å². The van der Waals surface area contributed by atoms with Gasteiger partial charge in [0.1, 0.15) is 0 Å². The van der Waals surface area contributed by atoms with E-state index in [1.165, 1.54) is 12.0 Å². The number of para-hydroxylation sites is 1. The lowest BCUT2D eigenvalue weighted by Gasteiger charge is -2.25. The summed E-state index contributed by atoms with van der Waals surface area (Å²) >= 11 is 0. The molecule has 1 atom stereocenters. The molecule has 0 radical (unpaired) electrons. The third kappa shape index (κ3) is 2.65. The van der Waals surface area contributed by atoms with E-state index in [1.807, 2.05) is 25.2 Å². The Morgan fingerprint density at radius 1 is 1.04 bits per heavy atom. The van der Waals surface area contributed by atoms with Gasteiger partial charge in [0.25, 0.3) is 5.56 Å². The van der Waals surface area contributed by atoms with Crippen molar-refractivity contribution in [1.29, 1.82) is 0 Å². The lowest BCUT2D eigenvalue weighted by Crippen LogP contribution is -2.29. The van der Waals surface area contributed by atoms with E-state index in [0.717, 1.165) is 36.0 Å². The Bertz CT molecular complexity index is 914. The molecule has 1 aliphatic heterocycles. The van der Waals surface area contributed by atoms with E-state index in [1.54, 1.807) is 4.57 Å². The van der Waals surface area contributed by atoms with Crippen molar-refractivity contribution < 1.29 is 0 Å². The highest BCUT2D eigenvalue weighted by Gasteiger charge is 2.26. The van der Waals surface area contributed by atoms with Crippen molar-refractivity contribution in [2.75, 3.05) is 6.54 Å². The molecular weight excluding hydrogens is 296 g/mol. The van der Waals surface area contributed by atoms with Gasteiger partial charge in [0.05, 0.1) is 5.52 Å². The number of hydrogen-bond acceptors (Lipinski definition) is 2. The topological polar surface area (TPSA) is 25.2 Å². The summed E-state index contributed by atoms with van der Waals surface area (Å²) in [6.07, 6.45) is 2.35. The van der Waals surface area contributed by atoms with Crippen molar-refractivity contribution in [2.45, 2.75) is 25.4 Å². The Hall–Kier alpha value is -2.39. The monoisotopic (exact) mass is 318 g/mol. The molecule has 3 aromatic rings. The van der Waals surface area contributed by atoms with Gasteiger partial charge in [-0.25, -0.2) is 0 Å². The van der Waals surface area contributed by atoms with Crippen molar-refractivity contribution in [2.24, 2.45) is 7.05 Å². The fourth-order valence-corrected chi connectivity index (χ4v) is 3.89. The van der Waals surface area contributed by atoms with Crippen LogP contribution in [0.15, 0.2) is 65.5 Å². The molecule has 2 heterocycles. The number of pyridine rings is 1. The molecule has 0 aliphatic carbocycles. The average Bonchev–Trinajstić information content (AvgIpc) is 3.08. The summed E-state index contributed by atoms with van der Waals surface area (Å²) in [6, 6.07) is 21.2. The van der Waals surface area contributed by atoms with E-state index < -0.39 is 0 Å². The van der Waals surface area contributed by atoms with Crippen LogP contribution in [0.2, 0.25) is 0 Å². The summed E-state index contributed by atoms with van der Waals surface area (Å²) in [5.41, 5.74) is 3.35. The smallest absolute Gasteiger partial charge is 0.255 e. The second-order valence-corrected chi connectivity index (χ2v) is 6.63. The first-order chi connectivity index (χ1) is 11.7. The number of nitrogens with zero attached hydrogens (tertiary/aromatic N) is 2. The second kappa shape index (κ2) is 6.25. The molecule has 4 rings (SSSR count). The molecule has 0 unspecified atom stereocenters. The minimum atomic E-state index is 0.118. The first kappa shape index (κ1) is 15.2. The van der Waals surface area contributed by atoms with Crippen LogP contribution >= 0.6 is 0 Å². The van der Waals surface area contributed by atoms with E-state index in [9.17, 15) is 4.79 Å². The molecule has 1 aromatic heterocycles. The highest BCUT2D eigenvalue weighted by atomic mass is 16.1. The van der Waals surface area contributed by atoms with E-state index in [-0.39, 0.29) is 5.56 Å². The van der Waals surface area contributed by atoms with E-state index in [2.05, 4.69) is 47.4 Å². The maximum atomic E-state index is 12.7. The highest BCUT2D eigenvalue weighted by molar-refractivity contribution is 5.79. The number of likely N-dealkylation sites (tertiary alicyclic amines) is 1. The quantitative estimate of drug-likeness (QED) is 0.732. The maximum Gasteiger partial charge on any atom is 0.255 e. The fourth-order valence-electron chi connectivity index (χ4n) is 3.89. The van der Waals surface area contributed by atoms with Crippen LogP contribution in [0.5, 0.6) is 0 Å². The van der Waals surface area contributed by atoms with Gasteiger partial charge in [0, 0.05) is 25.2 Å². The normalized spacial score (nSPS) is 18.3. The van der Waals surface area contributed by atoms with Gasteiger partial charge in [-0.2, -0.15) is 0 Å². The molecule has 0 spiro atoms. The van der Waals surface area contributed by atoms with Crippen LogP contribution in [0.1, 0.15) is 30.0 Å². The fraction of sp³-hybridized carbons (Fsp3) is 0.286. The lowest BCUT2D eigenvalue weighted by atomic mass is 10.0. The summed E-state index contributed by atoms with van der Waals surface area (Å²) in [4.78, 5) is 15.2. The zero-order chi connectivity index (χ0) is 16.5. The molecule has 3 heteroatoms. The third-order valence-corrected chi connectivity index (χ3v) is 5.13. The molecule has 0 saturated carbocycles. The predicted octanol–water partition coefficient (Wildman–Crippen LogP) is 3.88. The molecule has 0 amide bonds. The summed E-state index contributed by atoms with van der Waals surface area (Å²) in [5, 5.41) is 1.13. The first-order valence-corrected chi connectivity index (χ1v) is 8.61. The van der Waals surface area contributed by atoms with Crippen LogP contribution < -0.4 is 5.56 Å². The zero-order valence-corrected chi connectivity index (χ0v) is 14.0. The molecule has 1 aliphatic rings. The van der Waals surface area contributed by atoms with Crippen LogP contribution in [0.3, 0.4) is 0 Å². The van der Waals surface area contributed by atoms with Crippen LogP contribution in [0.25, 0.3) is 10.9 Å². The van der Waals surface area contributed by atoms with Crippen LogP contribution in [-0.2, 0) is 13.6 Å². The Labute approximate surface area is 142 Å². The number of fused-ring (bicyclic) bond motifs is 1.